The van der Waals surface area contributed by atoms with E-state index in [2.05, 4.69) is 6.92 Å². The third kappa shape index (κ3) is 4.85. The van der Waals surface area contributed by atoms with E-state index in [1.54, 1.807) is 12.1 Å². The first-order chi connectivity index (χ1) is 17.1. The molecule has 0 spiro atoms. The summed E-state index contributed by atoms with van der Waals surface area (Å²) in [5.74, 6) is 1.49. The number of ether oxygens (including phenoxy) is 2. The molecule has 3 aromatic rings. The lowest BCUT2D eigenvalue weighted by molar-refractivity contribution is -0.385. The summed E-state index contributed by atoms with van der Waals surface area (Å²) in [5.41, 5.74) is 3.78. The number of benzene rings is 3. The Morgan fingerprint density at radius 1 is 1.06 bits per heavy atom. The maximum Gasteiger partial charge on any atom is 0.270 e. The number of hydrazone groups is 1. The largest absolute Gasteiger partial charge is 0.494 e. The van der Waals surface area contributed by atoms with Crippen LogP contribution in [0, 0.1) is 10.1 Å². The predicted molar refractivity (Wildman–Crippen MR) is 135 cm³/mol. The summed E-state index contributed by atoms with van der Waals surface area (Å²) in [6.45, 7) is 2.91. The molecule has 180 valence electrons. The molecule has 0 radical (unpaired) electrons. The summed E-state index contributed by atoms with van der Waals surface area (Å²) in [4.78, 5) is 11.1. The minimum atomic E-state index is -0.436. The minimum absolute atomic E-state index is 0.0550. The zero-order chi connectivity index (χ0) is 24.2. The Labute approximate surface area is 205 Å². The molecule has 3 aromatic carbocycles. The minimum Gasteiger partial charge on any atom is -0.494 e. The summed E-state index contributed by atoms with van der Waals surface area (Å²) >= 11 is 0. The number of hydrogen-bond donors (Lipinski definition) is 0. The molecule has 7 heteroatoms. The molecule has 0 amide bonds. The fourth-order valence-electron chi connectivity index (χ4n) is 4.66. The molecule has 35 heavy (non-hydrogen) atoms. The van der Waals surface area contributed by atoms with E-state index in [9.17, 15) is 10.1 Å². The average Bonchev–Trinajstić information content (AvgIpc) is 3.35. The predicted octanol–water partition coefficient (Wildman–Crippen LogP) is 6.80. The van der Waals surface area contributed by atoms with Crippen LogP contribution in [0.2, 0.25) is 0 Å². The van der Waals surface area contributed by atoms with Gasteiger partial charge in [-0.1, -0.05) is 56.5 Å². The van der Waals surface area contributed by atoms with Crippen LogP contribution in [0.1, 0.15) is 68.0 Å². The molecule has 2 atom stereocenters. The second kappa shape index (κ2) is 10.2. The average molecular weight is 472 g/mol. The standard InChI is InChI=1S/C28H29N3O4/c1-2-3-4-8-17-34-23-14-11-21(12-15-23)28-30-26(19-25(29-30)20-9-6-5-7-10-20)24-18-22(31(32)33)13-16-27(24)35-28/h5-7,9-16,18,26,28H,2-4,8,17,19H2,1H3. The zero-order valence-electron chi connectivity index (χ0n) is 19.8. The van der Waals surface area contributed by atoms with Gasteiger partial charge >= 0.3 is 0 Å². The Hall–Kier alpha value is -3.87. The van der Waals surface area contributed by atoms with Crippen LogP contribution in [0.5, 0.6) is 11.5 Å². The van der Waals surface area contributed by atoms with Crippen LogP contribution in [0.4, 0.5) is 5.69 Å². The monoisotopic (exact) mass is 471 g/mol. The first kappa shape index (κ1) is 22.9. The van der Waals surface area contributed by atoms with Crippen molar-refractivity contribution < 1.29 is 14.4 Å². The van der Waals surface area contributed by atoms with Crippen LogP contribution >= 0.6 is 0 Å². The van der Waals surface area contributed by atoms with Gasteiger partial charge in [-0.25, -0.2) is 5.01 Å². The van der Waals surface area contributed by atoms with Crippen molar-refractivity contribution in [2.45, 2.75) is 51.3 Å². The van der Waals surface area contributed by atoms with Gasteiger partial charge in [0, 0.05) is 29.7 Å². The number of nitro benzene ring substituents is 1. The highest BCUT2D eigenvalue weighted by molar-refractivity contribution is 6.01. The first-order valence-electron chi connectivity index (χ1n) is 12.2. The van der Waals surface area contributed by atoms with E-state index in [-0.39, 0.29) is 16.7 Å². The summed E-state index contributed by atoms with van der Waals surface area (Å²) in [6.07, 6.45) is 4.88. The van der Waals surface area contributed by atoms with Gasteiger partial charge in [-0.15, -0.1) is 0 Å². The van der Waals surface area contributed by atoms with Gasteiger partial charge in [-0.2, -0.15) is 5.10 Å². The van der Waals surface area contributed by atoms with Crippen molar-refractivity contribution in [1.29, 1.82) is 0 Å². The Morgan fingerprint density at radius 2 is 1.86 bits per heavy atom. The smallest absolute Gasteiger partial charge is 0.270 e. The number of nitro groups is 1. The van der Waals surface area contributed by atoms with Crippen molar-refractivity contribution in [3.63, 3.8) is 0 Å². The zero-order valence-corrected chi connectivity index (χ0v) is 19.8. The quantitative estimate of drug-likeness (QED) is 0.195. The Balaban J connectivity index is 1.42. The number of nitrogens with zero attached hydrogens (tertiary/aromatic N) is 3. The molecule has 0 saturated heterocycles. The molecule has 0 aliphatic carbocycles. The summed E-state index contributed by atoms with van der Waals surface area (Å²) < 4.78 is 12.3. The van der Waals surface area contributed by atoms with Crippen molar-refractivity contribution in [3.8, 4) is 11.5 Å². The van der Waals surface area contributed by atoms with Crippen molar-refractivity contribution in [2.75, 3.05) is 6.61 Å². The van der Waals surface area contributed by atoms with Gasteiger partial charge in [0.05, 0.1) is 23.3 Å². The highest BCUT2D eigenvalue weighted by Gasteiger charge is 2.41. The maximum atomic E-state index is 11.4. The molecule has 0 aromatic heterocycles. The van der Waals surface area contributed by atoms with E-state index in [4.69, 9.17) is 14.6 Å². The highest BCUT2D eigenvalue weighted by Crippen LogP contribution is 2.48. The molecule has 2 heterocycles. The normalized spacial score (nSPS) is 18.3. The summed E-state index contributed by atoms with van der Waals surface area (Å²) in [7, 11) is 0. The molecule has 5 rings (SSSR count). The van der Waals surface area contributed by atoms with E-state index in [1.165, 1.54) is 25.3 Å². The molecule has 7 nitrogen and oxygen atoms in total. The summed E-state index contributed by atoms with van der Waals surface area (Å²) in [5, 5.41) is 18.3. The van der Waals surface area contributed by atoms with Crippen LogP contribution in [-0.4, -0.2) is 22.3 Å². The molecule has 2 unspecified atom stereocenters. The van der Waals surface area contributed by atoms with Gasteiger partial charge in [0.1, 0.15) is 11.5 Å². The van der Waals surface area contributed by atoms with Crippen molar-refractivity contribution >= 4 is 11.4 Å². The van der Waals surface area contributed by atoms with Gasteiger partial charge < -0.3 is 9.47 Å². The molecule has 0 saturated carbocycles. The Bertz CT molecular complexity index is 1210. The molecule has 0 N–H and O–H groups in total. The first-order valence-corrected chi connectivity index (χ1v) is 12.2. The van der Waals surface area contributed by atoms with Crippen LogP contribution < -0.4 is 9.47 Å². The fourth-order valence-corrected chi connectivity index (χ4v) is 4.66. The number of rotatable bonds is 9. The van der Waals surface area contributed by atoms with Gasteiger partial charge in [-0.05, 0) is 42.3 Å². The van der Waals surface area contributed by atoms with E-state index in [0.29, 0.717) is 18.8 Å². The third-order valence-electron chi connectivity index (χ3n) is 6.52. The van der Waals surface area contributed by atoms with Crippen LogP contribution in [0.15, 0.2) is 77.9 Å². The van der Waals surface area contributed by atoms with E-state index in [1.807, 2.05) is 59.6 Å². The molecular formula is C28H29N3O4. The number of hydrogen-bond acceptors (Lipinski definition) is 6. The fraction of sp³-hybridized carbons (Fsp3) is 0.321. The van der Waals surface area contributed by atoms with Gasteiger partial charge in [0.2, 0.25) is 6.23 Å². The van der Waals surface area contributed by atoms with Crippen molar-refractivity contribution in [1.82, 2.24) is 5.01 Å². The molecule has 0 fully saturated rings. The lowest BCUT2D eigenvalue weighted by Gasteiger charge is -2.38. The molecule has 2 aliphatic heterocycles. The second-order valence-corrected chi connectivity index (χ2v) is 8.94. The maximum absolute atomic E-state index is 11.4. The Morgan fingerprint density at radius 3 is 2.60 bits per heavy atom. The number of non-ortho nitro benzene ring substituents is 1. The van der Waals surface area contributed by atoms with Crippen molar-refractivity contribution in [3.05, 3.63) is 99.6 Å². The van der Waals surface area contributed by atoms with Gasteiger partial charge in [0.15, 0.2) is 0 Å². The third-order valence-corrected chi connectivity index (χ3v) is 6.52. The highest BCUT2D eigenvalue weighted by atomic mass is 16.6. The molecular weight excluding hydrogens is 442 g/mol. The van der Waals surface area contributed by atoms with Crippen LogP contribution in [0.25, 0.3) is 0 Å². The number of unbranched alkanes of at least 4 members (excludes halogenated alkanes) is 3. The van der Waals surface area contributed by atoms with E-state index in [0.717, 1.165) is 34.6 Å². The number of fused-ring (bicyclic) bond motifs is 3. The molecule has 0 bridgehead atoms. The van der Waals surface area contributed by atoms with Gasteiger partial charge in [0.25, 0.3) is 5.69 Å². The Kier molecular flexibility index (Phi) is 6.66. The SMILES string of the molecule is CCCCCCOc1ccc(C2Oc3ccc([N+](=O)[O-])cc3C3CC(c4ccccc4)=NN32)cc1. The lowest BCUT2D eigenvalue weighted by atomic mass is 9.95. The molecule has 2 aliphatic rings. The summed E-state index contributed by atoms with van der Waals surface area (Å²) in [6, 6.07) is 22.6. The van der Waals surface area contributed by atoms with Crippen LogP contribution in [-0.2, 0) is 0 Å². The lowest BCUT2D eigenvalue weighted by Crippen LogP contribution is -2.33. The van der Waals surface area contributed by atoms with Gasteiger partial charge in [-0.3, -0.25) is 10.1 Å². The van der Waals surface area contributed by atoms with E-state index >= 15 is 0 Å². The van der Waals surface area contributed by atoms with Crippen molar-refractivity contribution in [2.24, 2.45) is 5.10 Å². The van der Waals surface area contributed by atoms with E-state index < -0.39 is 6.23 Å². The topological polar surface area (TPSA) is 77.2 Å². The van der Waals surface area contributed by atoms with Crippen LogP contribution in [0.3, 0.4) is 0 Å². The second-order valence-electron chi connectivity index (χ2n) is 8.94.